The number of halogens is 3. The van der Waals surface area contributed by atoms with E-state index in [2.05, 4.69) is 15.9 Å². The first-order chi connectivity index (χ1) is 18.6. The number of fused-ring (bicyclic) bond motifs is 1. The predicted molar refractivity (Wildman–Crippen MR) is 152 cm³/mol. The van der Waals surface area contributed by atoms with Crippen molar-refractivity contribution in [2.24, 2.45) is 0 Å². The summed E-state index contributed by atoms with van der Waals surface area (Å²) in [5.41, 5.74) is 2.06. The molecule has 1 saturated heterocycles. The molecule has 2 N–H and O–H groups in total. The van der Waals surface area contributed by atoms with E-state index in [0.29, 0.717) is 27.6 Å². The number of pyridine rings is 1. The molecule has 5 rings (SSSR count). The number of rotatable bonds is 5. The zero-order valence-electron chi connectivity index (χ0n) is 21.4. The second kappa shape index (κ2) is 10.8. The molecule has 3 atom stereocenters. The predicted octanol–water partition coefficient (Wildman–Crippen LogP) is 7.48. The van der Waals surface area contributed by atoms with Gasteiger partial charge in [-0.2, -0.15) is 0 Å². The molecule has 1 amide bonds. The molecule has 3 aromatic carbocycles. The van der Waals surface area contributed by atoms with Crippen molar-refractivity contribution < 1.29 is 24.1 Å². The molecule has 2 unspecified atom stereocenters. The van der Waals surface area contributed by atoms with Gasteiger partial charge >= 0.3 is 6.09 Å². The highest BCUT2D eigenvalue weighted by Gasteiger charge is 2.48. The first kappa shape index (κ1) is 27.4. The van der Waals surface area contributed by atoms with E-state index in [1.807, 2.05) is 36.4 Å². The lowest BCUT2D eigenvalue weighted by Crippen LogP contribution is -2.51. The van der Waals surface area contributed by atoms with Crippen LogP contribution >= 0.6 is 27.5 Å². The molecule has 1 aliphatic heterocycles. The molecule has 202 valence electrons. The van der Waals surface area contributed by atoms with E-state index in [1.165, 1.54) is 24.1 Å². The number of methoxy groups -OCH3 is 1. The molecule has 39 heavy (non-hydrogen) atoms. The van der Waals surface area contributed by atoms with Gasteiger partial charge in [-0.25, -0.2) is 14.2 Å². The van der Waals surface area contributed by atoms with Crippen molar-refractivity contribution in [1.29, 1.82) is 0 Å². The van der Waals surface area contributed by atoms with Gasteiger partial charge in [0.05, 0.1) is 24.3 Å². The molecule has 9 heteroatoms. The number of benzene rings is 3. The van der Waals surface area contributed by atoms with E-state index in [0.717, 1.165) is 20.9 Å². The summed E-state index contributed by atoms with van der Waals surface area (Å²) < 4.78 is 20.6. The summed E-state index contributed by atoms with van der Waals surface area (Å²) in [6, 6.07) is 18.6. The van der Waals surface area contributed by atoms with Crippen molar-refractivity contribution in [2.75, 3.05) is 13.7 Å². The number of piperidine rings is 1. The van der Waals surface area contributed by atoms with Gasteiger partial charge < -0.3 is 19.8 Å². The monoisotopic (exact) mass is 612 g/mol. The number of ether oxygens (including phenoxy) is 1. The Kier molecular flexibility index (Phi) is 7.55. The van der Waals surface area contributed by atoms with Crippen molar-refractivity contribution in [3.8, 4) is 5.88 Å². The summed E-state index contributed by atoms with van der Waals surface area (Å²) in [5.74, 6) is -0.658. The van der Waals surface area contributed by atoms with Crippen LogP contribution in [0.1, 0.15) is 47.1 Å². The van der Waals surface area contributed by atoms with Crippen LogP contribution in [-0.2, 0) is 0 Å². The maximum Gasteiger partial charge on any atom is 0.407 e. The lowest BCUT2D eigenvalue weighted by atomic mass is 9.69. The lowest BCUT2D eigenvalue weighted by molar-refractivity contribution is -0.0528. The summed E-state index contributed by atoms with van der Waals surface area (Å²) in [6.07, 6.45) is -0.842. The summed E-state index contributed by atoms with van der Waals surface area (Å²) in [7, 11) is 1.54. The Morgan fingerprint density at radius 2 is 1.92 bits per heavy atom. The highest BCUT2D eigenvalue weighted by Crippen LogP contribution is 2.49. The Morgan fingerprint density at radius 1 is 1.18 bits per heavy atom. The Hall–Kier alpha value is -3.20. The molecule has 1 aromatic heterocycles. The molecular weight excluding hydrogens is 587 g/mol. The van der Waals surface area contributed by atoms with E-state index in [4.69, 9.17) is 21.3 Å². The van der Waals surface area contributed by atoms with Gasteiger partial charge in [0.1, 0.15) is 5.82 Å². The molecule has 0 aliphatic carbocycles. The maximum absolute atomic E-state index is 14.0. The molecule has 0 radical (unpaired) electrons. The first-order valence-electron chi connectivity index (χ1n) is 12.5. The van der Waals surface area contributed by atoms with Crippen molar-refractivity contribution in [3.63, 3.8) is 0 Å². The average molecular weight is 614 g/mol. The van der Waals surface area contributed by atoms with Gasteiger partial charge in [0, 0.05) is 39.3 Å². The standard InChI is InChI=1S/C30H27BrClFN2O4/c1-17-13-22(33)8-9-23(17)26-16-30(38,11-12-35(26)29(36)37)27(18-3-6-21(32)7-4-18)24-15-19-14-20(31)5-10-25(19)34-28(24)39-2/h3-10,13-15,26-27,38H,11-12,16H2,1-2H3,(H,36,37)/t26-,27?,30?/m0/s1. The SMILES string of the molecule is COc1nc2ccc(Br)cc2cc1C(c1ccc(Cl)cc1)C1(O)CCN(C(=O)O)[C@H](c2ccc(F)cc2C)C1. The second-order valence-electron chi connectivity index (χ2n) is 9.96. The van der Waals surface area contributed by atoms with E-state index < -0.39 is 29.5 Å². The van der Waals surface area contributed by atoms with Gasteiger partial charge in [0.15, 0.2) is 0 Å². The molecular formula is C30H27BrClFN2O4. The number of nitrogens with zero attached hydrogens (tertiary/aromatic N) is 2. The summed E-state index contributed by atoms with van der Waals surface area (Å²) in [5, 5.41) is 24.0. The zero-order valence-corrected chi connectivity index (χ0v) is 23.7. The minimum absolute atomic E-state index is 0.0821. The van der Waals surface area contributed by atoms with Gasteiger partial charge in [-0.05, 0) is 78.6 Å². The van der Waals surface area contributed by atoms with Crippen LogP contribution in [-0.4, -0.2) is 45.4 Å². The van der Waals surface area contributed by atoms with E-state index in [-0.39, 0.29) is 19.4 Å². The summed E-state index contributed by atoms with van der Waals surface area (Å²) in [6.45, 7) is 1.84. The van der Waals surface area contributed by atoms with Crippen LogP contribution in [0.4, 0.5) is 9.18 Å². The fourth-order valence-corrected chi connectivity index (χ4v) is 6.25. The topological polar surface area (TPSA) is 82.9 Å². The van der Waals surface area contributed by atoms with Crippen LogP contribution in [0.2, 0.25) is 5.02 Å². The number of aromatic nitrogens is 1. The summed E-state index contributed by atoms with van der Waals surface area (Å²) in [4.78, 5) is 18.3. The number of hydrogen-bond acceptors (Lipinski definition) is 4. The van der Waals surface area contributed by atoms with Crippen molar-refractivity contribution in [3.05, 3.63) is 104 Å². The summed E-state index contributed by atoms with van der Waals surface area (Å²) >= 11 is 9.74. The largest absolute Gasteiger partial charge is 0.481 e. The van der Waals surface area contributed by atoms with Gasteiger partial charge in [-0.15, -0.1) is 0 Å². The van der Waals surface area contributed by atoms with Crippen LogP contribution in [0, 0.1) is 12.7 Å². The van der Waals surface area contributed by atoms with Crippen LogP contribution in [0.15, 0.2) is 71.2 Å². The smallest absolute Gasteiger partial charge is 0.407 e. The fraction of sp³-hybridized carbons (Fsp3) is 0.267. The third kappa shape index (κ3) is 5.33. The number of aliphatic hydroxyl groups is 1. The first-order valence-corrected chi connectivity index (χ1v) is 13.6. The third-order valence-corrected chi connectivity index (χ3v) is 8.31. The lowest BCUT2D eigenvalue weighted by Gasteiger charge is -2.47. The van der Waals surface area contributed by atoms with Gasteiger partial charge in [0.2, 0.25) is 5.88 Å². The van der Waals surface area contributed by atoms with Crippen LogP contribution in [0.25, 0.3) is 10.9 Å². The molecule has 0 spiro atoms. The molecule has 4 aromatic rings. The Labute approximate surface area is 239 Å². The van der Waals surface area contributed by atoms with Crippen LogP contribution in [0.5, 0.6) is 5.88 Å². The van der Waals surface area contributed by atoms with Gasteiger partial charge in [-0.1, -0.05) is 45.7 Å². The van der Waals surface area contributed by atoms with Crippen molar-refractivity contribution >= 4 is 44.5 Å². The van der Waals surface area contributed by atoms with Crippen molar-refractivity contribution in [2.45, 2.75) is 37.3 Å². The number of carbonyl (C=O) groups is 1. The molecule has 0 saturated carbocycles. The molecule has 0 bridgehead atoms. The fourth-order valence-electron chi connectivity index (χ4n) is 5.75. The Morgan fingerprint density at radius 3 is 2.59 bits per heavy atom. The second-order valence-corrected chi connectivity index (χ2v) is 11.3. The average Bonchev–Trinajstić information content (AvgIpc) is 2.89. The maximum atomic E-state index is 14.0. The quantitative estimate of drug-likeness (QED) is 0.244. The molecule has 1 fully saturated rings. The van der Waals surface area contributed by atoms with E-state index >= 15 is 0 Å². The number of aryl methyl sites for hydroxylation is 1. The van der Waals surface area contributed by atoms with Crippen LogP contribution < -0.4 is 4.74 Å². The number of amides is 1. The minimum Gasteiger partial charge on any atom is -0.481 e. The number of hydrogen-bond donors (Lipinski definition) is 2. The van der Waals surface area contributed by atoms with E-state index in [1.54, 1.807) is 25.1 Å². The van der Waals surface area contributed by atoms with E-state index in [9.17, 15) is 19.4 Å². The molecule has 1 aliphatic rings. The third-order valence-electron chi connectivity index (χ3n) is 7.56. The normalized spacial score (nSPS) is 20.2. The zero-order chi connectivity index (χ0) is 27.9. The molecule has 6 nitrogen and oxygen atoms in total. The van der Waals surface area contributed by atoms with Gasteiger partial charge in [0.25, 0.3) is 0 Å². The number of carboxylic acid groups (broad SMARTS) is 1. The van der Waals surface area contributed by atoms with Gasteiger partial charge in [-0.3, -0.25) is 0 Å². The Bertz CT molecular complexity index is 1550. The highest BCUT2D eigenvalue weighted by atomic mass is 79.9. The molecule has 2 heterocycles. The van der Waals surface area contributed by atoms with Crippen LogP contribution in [0.3, 0.4) is 0 Å². The Balaban J connectivity index is 1.70. The van der Waals surface area contributed by atoms with Crippen molar-refractivity contribution in [1.82, 2.24) is 9.88 Å². The highest BCUT2D eigenvalue weighted by molar-refractivity contribution is 9.10. The minimum atomic E-state index is -1.40. The number of likely N-dealkylation sites (tertiary alicyclic amines) is 1.